The molecule has 1 aromatic carbocycles. The van der Waals surface area contributed by atoms with Crippen molar-refractivity contribution in [2.75, 3.05) is 13.6 Å². The third-order valence-electron chi connectivity index (χ3n) is 2.55. The number of nitrogens with one attached hydrogen (secondary N) is 1. The van der Waals surface area contributed by atoms with E-state index >= 15 is 0 Å². The first-order chi connectivity index (χ1) is 8.40. The number of aryl methyl sites for hydroxylation is 1. The molecule has 1 unspecified atom stereocenters. The standard InChI is InChI=1S/C13H19FN2O2/c1-9-6-11(4-5-12(9)14)7-15-13(18)16(3)8-10(2)17/h4-6,10,17H,7-8H2,1-3H3,(H,15,18). The van der Waals surface area contributed by atoms with Gasteiger partial charge in [-0.3, -0.25) is 0 Å². The van der Waals surface area contributed by atoms with Gasteiger partial charge < -0.3 is 15.3 Å². The van der Waals surface area contributed by atoms with Gasteiger partial charge in [-0.1, -0.05) is 12.1 Å². The van der Waals surface area contributed by atoms with Crippen LogP contribution in [0.2, 0.25) is 0 Å². The number of benzene rings is 1. The van der Waals surface area contributed by atoms with Gasteiger partial charge in [0, 0.05) is 20.1 Å². The number of carbonyl (C=O) groups is 1. The van der Waals surface area contributed by atoms with E-state index in [4.69, 9.17) is 5.11 Å². The maximum Gasteiger partial charge on any atom is 0.317 e. The van der Waals surface area contributed by atoms with Crippen LogP contribution >= 0.6 is 0 Å². The van der Waals surface area contributed by atoms with Crippen LogP contribution in [0.25, 0.3) is 0 Å². The molecule has 0 aromatic heterocycles. The molecule has 0 aliphatic carbocycles. The minimum atomic E-state index is -0.561. The van der Waals surface area contributed by atoms with Crippen LogP contribution in [0, 0.1) is 12.7 Å². The SMILES string of the molecule is Cc1cc(CNC(=O)N(C)CC(C)O)ccc1F. The summed E-state index contributed by atoms with van der Waals surface area (Å²) in [4.78, 5) is 13.0. The number of nitrogens with zero attached hydrogens (tertiary/aromatic N) is 1. The molecular formula is C13H19FN2O2. The summed E-state index contributed by atoms with van der Waals surface area (Å²) in [5.74, 6) is -0.253. The lowest BCUT2D eigenvalue weighted by atomic mass is 10.1. The van der Waals surface area contributed by atoms with Gasteiger partial charge in [-0.2, -0.15) is 0 Å². The van der Waals surface area contributed by atoms with Gasteiger partial charge in [-0.15, -0.1) is 0 Å². The Bertz CT molecular complexity index is 421. The van der Waals surface area contributed by atoms with Crippen molar-refractivity contribution in [3.8, 4) is 0 Å². The number of aliphatic hydroxyl groups excluding tert-OH is 1. The number of amides is 2. The van der Waals surface area contributed by atoms with Crippen LogP contribution in [-0.4, -0.2) is 35.7 Å². The minimum Gasteiger partial charge on any atom is -0.392 e. The molecule has 0 saturated heterocycles. The molecule has 0 aliphatic heterocycles. The molecule has 0 radical (unpaired) electrons. The highest BCUT2D eigenvalue weighted by Gasteiger charge is 2.10. The van der Waals surface area contributed by atoms with Crippen LogP contribution in [0.4, 0.5) is 9.18 Å². The van der Waals surface area contributed by atoms with E-state index in [2.05, 4.69) is 5.32 Å². The average molecular weight is 254 g/mol. The molecule has 2 amide bonds. The van der Waals surface area contributed by atoms with E-state index in [9.17, 15) is 9.18 Å². The van der Waals surface area contributed by atoms with Crippen molar-refractivity contribution < 1.29 is 14.3 Å². The summed E-state index contributed by atoms with van der Waals surface area (Å²) in [6.45, 7) is 3.91. The Morgan fingerprint density at radius 2 is 2.22 bits per heavy atom. The summed E-state index contributed by atoms with van der Waals surface area (Å²) < 4.78 is 13.0. The first kappa shape index (κ1) is 14.4. The van der Waals surface area contributed by atoms with Crippen LogP contribution in [0.15, 0.2) is 18.2 Å². The van der Waals surface area contributed by atoms with Crippen molar-refractivity contribution in [1.82, 2.24) is 10.2 Å². The molecule has 100 valence electrons. The number of hydrogen-bond acceptors (Lipinski definition) is 2. The third kappa shape index (κ3) is 4.33. The van der Waals surface area contributed by atoms with E-state index in [-0.39, 0.29) is 18.4 Å². The second-order valence-electron chi connectivity index (χ2n) is 4.47. The Morgan fingerprint density at radius 1 is 1.56 bits per heavy atom. The maximum atomic E-state index is 13.0. The molecule has 1 rings (SSSR count). The van der Waals surface area contributed by atoms with Crippen molar-refractivity contribution in [2.24, 2.45) is 0 Å². The fourth-order valence-corrected chi connectivity index (χ4v) is 1.61. The molecular weight excluding hydrogens is 235 g/mol. The van der Waals surface area contributed by atoms with Crippen molar-refractivity contribution in [1.29, 1.82) is 0 Å². The quantitative estimate of drug-likeness (QED) is 0.858. The Hall–Kier alpha value is -1.62. The number of aliphatic hydroxyl groups is 1. The normalized spacial score (nSPS) is 12.1. The van der Waals surface area contributed by atoms with Crippen molar-refractivity contribution >= 4 is 6.03 Å². The topological polar surface area (TPSA) is 52.6 Å². The van der Waals surface area contributed by atoms with Gasteiger partial charge in [0.1, 0.15) is 5.82 Å². The Balaban J connectivity index is 2.49. The number of urea groups is 1. The van der Waals surface area contributed by atoms with Crippen LogP contribution in [-0.2, 0) is 6.54 Å². The zero-order chi connectivity index (χ0) is 13.7. The molecule has 1 aromatic rings. The number of carbonyl (C=O) groups excluding carboxylic acids is 1. The largest absolute Gasteiger partial charge is 0.392 e. The molecule has 4 nitrogen and oxygen atoms in total. The summed E-state index contributed by atoms with van der Waals surface area (Å²) in [6.07, 6.45) is -0.561. The Labute approximate surface area is 106 Å². The molecule has 0 fully saturated rings. The van der Waals surface area contributed by atoms with E-state index < -0.39 is 6.10 Å². The van der Waals surface area contributed by atoms with Gasteiger partial charge >= 0.3 is 6.03 Å². The molecule has 0 aliphatic rings. The average Bonchev–Trinajstić information content (AvgIpc) is 2.29. The smallest absolute Gasteiger partial charge is 0.317 e. The van der Waals surface area contributed by atoms with E-state index in [0.717, 1.165) is 5.56 Å². The first-order valence-corrected chi connectivity index (χ1v) is 5.82. The summed E-state index contributed by atoms with van der Waals surface area (Å²) in [5, 5.41) is 11.9. The van der Waals surface area contributed by atoms with Gasteiger partial charge in [0.05, 0.1) is 6.10 Å². The highest BCUT2D eigenvalue weighted by Crippen LogP contribution is 2.08. The summed E-state index contributed by atoms with van der Waals surface area (Å²) in [7, 11) is 1.61. The Kier molecular flexibility index (Phi) is 5.09. The molecule has 18 heavy (non-hydrogen) atoms. The molecule has 5 heteroatoms. The van der Waals surface area contributed by atoms with Crippen LogP contribution in [0.1, 0.15) is 18.1 Å². The van der Waals surface area contributed by atoms with Crippen molar-refractivity contribution in [3.05, 3.63) is 35.1 Å². The number of rotatable bonds is 4. The Morgan fingerprint density at radius 3 is 2.78 bits per heavy atom. The molecule has 0 heterocycles. The summed E-state index contributed by atoms with van der Waals surface area (Å²) >= 11 is 0. The van der Waals surface area contributed by atoms with Crippen LogP contribution < -0.4 is 5.32 Å². The highest BCUT2D eigenvalue weighted by molar-refractivity contribution is 5.73. The predicted molar refractivity (Wildman–Crippen MR) is 67.7 cm³/mol. The van der Waals surface area contributed by atoms with Crippen LogP contribution in [0.5, 0.6) is 0 Å². The molecule has 0 saturated carbocycles. The highest BCUT2D eigenvalue weighted by atomic mass is 19.1. The fraction of sp³-hybridized carbons (Fsp3) is 0.462. The van der Waals surface area contributed by atoms with Gasteiger partial charge in [-0.05, 0) is 31.0 Å². The zero-order valence-electron chi connectivity index (χ0n) is 10.9. The number of halogens is 1. The number of likely N-dealkylation sites (N-methyl/N-ethyl adjacent to an activating group) is 1. The zero-order valence-corrected chi connectivity index (χ0v) is 10.9. The summed E-state index contributed by atoms with van der Waals surface area (Å²) in [6, 6.07) is 4.45. The van der Waals surface area contributed by atoms with E-state index in [1.54, 1.807) is 33.0 Å². The molecule has 2 N–H and O–H groups in total. The van der Waals surface area contributed by atoms with Gasteiger partial charge in [-0.25, -0.2) is 9.18 Å². The minimum absolute atomic E-state index is 0.253. The van der Waals surface area contributed by atoms with Gasteiger partial charge in [0.15, 0.2) is 0 Å². The van der Waals surface area contributed by atoms with Crippen LogP contribution in [0.3, 0.4) is 0 Å². The van der Waals surface area contributed by atoms with E-state index in [1.807, 2.05) is 0 Å². The lowest BCUT2D eigenvalue weighted by Gasteiger charge is -2.19. The predicted octanol–water partition coefficient (Wildman–Crippen LogP) is 1.66. The van der Waals surface area contributed by atoms with Crippen molar-refractivity contribution in [2.45, 2.75) is 26.5 Å². The first-order valence-electron chi connectivity index (χ1n) is 5.82. The third-order valence-corrected chi connectivity index (χ3v) is 2.55. The van der Waals surface area contributed by atoms with E-state index in [1.165, 1.54) is 11.0 Å². The second-order valence-corrected chi connectivity index (χ2v) is 4.47. The number of hydrogen-bond donors (Lipinski definition) is 2. The van der Waals surface area contributed by atoms with E-state index in [0.29, 0.717) is 12.1 Å². The fourth-order valence-electron chi connectivity index (χ4n) is 1.61. The molecule has 0 spiro atoms. The van der Waals surface area contributed by atoms with Gasteiger partial charge in [0.2, 0.25) is 0 Å². The maximum absolute atomic E-state index is 13.0. The summed E-state index contributed by atoms with van der Waals surface area (Å²) in [5.41, 5.74) is 1.40. The lowest BCUT2D eigenvalue weighted by molar-refractivity contribution is 0.143. The van der Waals surface area contributed by atoms with Gasteiger partial charge in [0.25, 0.3) is 0 Å². The van der Waals surface area contributed by atoms with Crippen molar-refractivity contribution in [3.63, 3.8) is 0 Å². The lowest BCUT2D eigenvalue weighted by Crippen LogP contribution is -2.40. The monoisotopic (exact) mass is 254 g/mol. The second kappa shape index (κ2) is 6.35. The molecule has 0 bridgehead atoms. The molecule has 1 atom stereocenters.